The minimum atomic E-state index is -0.673. The van der Waals surface area contributed by atoms with Gasteiger partial charge in [0.25, 0.3) is 0 Å². The van der Waals surface area contributed by atoms with Crippen molar-refractivity contribution in [1.29, 1.82) is 0 Å². The minimum Gasteiger partial charge on any atom is -0.480 e. The van der Waals surface area contributed by atoms with E-state index in [1.807, 2.05) is 0 Å². The highest BCUT2D eigenvalue weighted by Gasteiger charge is 2.49. The lowest BCUT2D eigenvalue weighted by Gasteiger charge is -2.49. The number of halogens is 1. The van der Waals surface area contributed by atoms with E-state index in [1.54, 1.807) is 0 Å². The fourth-order valence-electron chi connectivity index (χ4n) is 5.21. The third-order valence-electron chi connectivity index (χ3n) is 6.07. The number of allylic oxidation sites excluding steroid dienone is 4. The molecule has 0 spiro atoms. The van der Waals surface area contributed by atoms with Crippen molar-refractivity contribution in [2.24, 2.45) is 11.8 Å². The van der Waals surface area contributed by atoms with Crippen LogP contribution in [0.25, 0.3) is 0 Å². The number of fused-ring (bicyclic) bond motifs is 4. The first-order chi connectivity index (χ1) is 11.1. The van der Waals surface area contributed by atoms with Gasteiger partial charge < -0.3 is 10.0 Å². The first-order valence-electron chi connectivity index (χ1n) is 8.31. The van der Waals surface area contributed by atoms with Gasteiger partial charge in [0.2, 0.25) is 0 Å². The Hall–Kier alpha value is -1.55. The third kappa shape index (κ3) is 1.78. The van der Waals surface area contributed by atoms with Crippen molar-refractivity contribution < 1.29 is 9.90 Å². The maximum Gasteiger partial charge on any atom is 0.326 e. The predicted octanol–water partition coefficient (Wildman–Crippen LogP) is 4.06. The van der Waals surface area contributed by atoms with Gasteiger partial charge in [0.15, 0.2) is 0 Å². The molecule has 0 bridgehead atoms. The molecule has 5 atom stereocenters. The second kappa shape index (κ2) is 4.73. The van der Waals surface area contributed by atoms with Crippen molar-refractivity contribution in [1.82, 2.24) is 0 Å². The molecule has 0 amide bonds. The summed E-state index contributed by atoms with van der Waals surface area (Å²) in [6, 6.07) is 4.01. The van der Waals surface area contributed by atoms with E-state index in [0.29, 0.717) is 11.8 Å². The molecule has 23 heavy (non-hydrogen) atoms. The van der Waals surface area contributed by atoms with E-state index in [-0.39, 0.29) is 11.8 Å². The summed E-state index contributed by atoms with van der Waals surface area (Å²) >= 11 is 3.68. The van der Waals surface area contributed by atoms with Gasteiger partial charge in [-0.25, -0.2) is 4.79 Å². The highest BCUT2D eigenvalue weighted by molar-refractivity contribution is 9.10. The van der Waals surface area contributed by atoms with Gasteiger partial charge in [-0.15, -0.1) is 0 Å². The molecule has 1 aromatic rings. The average molecular weight is 372 g/mol. The molecule has 118 valence electrons. The number of carboxylic acids is 1. The van der Waals surface area contributed by atoms with Crippen LogP contribution in [-0.2, 0) is 4.79 Å². The fourth-order valence-corrected chi connectivity index (χ4v) is 5.70. The van der Waals surface area contributed by atoms with Crippen molar-refractivity contribution >= 4 is 27.6 Å². The molecule has 2 aliphatic heterocycles. The Morgan fingerprint density at radius 1 is 1.13 bits per heavy atom. The normalized spacial score (nSPS) is 35.9. The standard InChI is InChI=1S/C19H18BrNO2/c20-11-7-15-12-4-1-3-10(12)9-21-17(15)16(8-11)13-5-2-6-14(13)18(21)19(22)23/h1-2,4-5,7-8,10,12-14,18H,3,6,9H2,(H,22,23)/t10-,12+,13-,14-,18-/m0/s1. The zero-order valence-corrected chi connectivity index (χ0v) is 14.2. The lowest BCUT2D eigenvalue weighted by atomic mass is 9.72. The van der Waals surface area contributed by atoms with Crippen LogP contribution in [0.5, 0.6) is 0 Å². The van der Waals surface area contributed by atoms with Crippen LogP contribution in [-0.4, -0.2) is 23.7 Å². The number of carboxylic acid groups (broad SMARTS) is 1. The molecule has 4 heteroatoms. The summed E-state index contributed by atoms with van der Waals surface area (Å²) in [6.07, 6.45) is 10.9. The second-order valence-corrected chi connectivity index (χ2v) is 8.09. The van der Waals surface area contributed by atoms with Crippen molar-refractivity contribution in [3.63, 3.8) is 0 Å². The monoisotopic (exact) mass is 371 g/mol. The van der Waals surface area contributed by atoms with Crippen LogP contribution in [0.2, 0.25) is 0 Å². The summed E-state index contributed by atoms with van der Waals surface area (Å²) in [6.45, 7) is 0.861. The largest absolute Gasteiger partial charge is 0.480 e. The summed E-state index contributed by atoms with van der Waals surface area (Å²) in [5, 5.41) is 9.93. The molecular weight excluding hydrogens is 354 g/mol. The van der Waals surface area contributed by atoms with E-state index in [9.17, 15) is 9.90 Å². The van der Waals surface area contributed by atoms with Crippen LogP contribution < -0.4 is 4.90 Å². The molecule has 2 heterocycles. The summed E-state index contributed by atoms with van der Waals surface area (Å²) in [5.74, 6) is 0.674. The number of hydrogen-bond acceptors (Lipinski definition) is 2. The lowest BCUT2D eigenvalue weighted by molar-refractivity contribution is -0.140. The van der Waals surface area contributed by atoms with E-state index in [4.69, 9.17) is 0 Å². The van der Waals surface area contributed by atoms with Gasteiger partial charge >= 0.3 is 5.97 Å². The van der Waals surface area contributed by atoms with E-state index in [1.165, 1.54) is 16.8 Å². The highest BCUT2D eigenvalue weighted by Crippen LogP contribution is 2.55. The number of aliphatic carboxylic acids is 1. The Morgan fingerprint density at radius 2 is 1.83 bits per heavy atom. The van der Waals surface area contributed by atoms with Crippen LogP contribution in [0.1, 0.15) is 35.8 Å². The molecule has 5 rings (SSSR count). The molecule has 0 saturated heterocycles. The number of nitrogens with zero attached hydrogens (tertiary/aromatic N) is 1. The molecule has 1 aromatic carbocycles. The first-order valence-corrected chi connectivity index (χ1v) is 9.10. The quantitative estimate of drug-likeness (QED) is 0.756. The number of anilines is 1. The predicted molar refractivity (Wildman–Crippen MR) is 92.9 cm³/mol. The Labute approximate surface area is 143 Å². The highest BCUT2D eigenvalue weighted by atomic mass is 79.9. The molecule has 0 saturated carbocycles. The van der Waals surface area contributed by atoms with Gasteiger partial charge in [0, 0.05) is 34.5 Å². The van der Waals surface area contributed by atoms with E-state index in [2.05, 4.69) is 57.3 Å². The molecule has 4 aliphatic rings. The lowest BCUT2D eigenvalue weighted by Crippen LogP contribution is -2.54. The van der Waals surface area contributed by atoms with Crippen molar-refractivity contribution in [2.75, 3.05) is 11.4 Å². The van der Waals surface area contributed by atoms with Gasteiger partial charge in [-0.2, -0.15) is 0 Å². The van der Waals surface area contributed by atoms with Crippen molar-refractivity contribution in [2.45, 2.75) is 30.7 Å². The van der Waals surface area contributed by atoms with Gasteiger partial charge in [-0.1, -0.05) is 40.2 Å². The number of rotatable bonds is 1. The minimum absolute atomic E-state index is 0.160. The Bertz CT molecular complexity index is 752. The van der Waals surface area contributed by atoms with Crippen LogP contribution in [0.15, 0.2) is 40.9 Å². The summed E-state index contributed by atoms with van der Waals surface area (Å²) in [7, 11) is 0. The van der Waals surface area contributed by atoms with Crippen LogP contribution in [0, 0.1) is 11.8 Å². The maximum atomic E-state index is 12.1. The summed E-state index contributed by atoms with van der Waals surface area (Å²) < 4.78 is 1.11. The Morgan fingerprint density at radius 3 is 2.61 bits per heavy atom. The summed E-state index contributed by atoms with van der Waals surface area (Å²) in [4.78, 5) is 14.3. The number of carbonyl (C=O) groups is 1. The van der Waals surface area contributed by atoms with Crippen LogP contribution >= 0.6 is 15.9 Å². The molecule has 0 fully saturated rings. The SMILES string of the molecule is O=C(O)[C@@H]1[C@H]2CC=C[C@@H]2c2cc(Br)cc3c2N1C[C@@H]1CC=C[C@@H]31. The second-order valence-electron chi connectivity index (χ2n) is 7.17. The maximum absolute atomic E-state index is 12.1. The Balaban J connectivity index is 1.78. The van der Waals surface area contributed by atoms with Crippen LogP contribution in [0.3, 0.4) is 0 Å². The van der Waals surface area contributed by atoms with Gasteiger partial charge in [-0.3, -0.25) is 0 Å². The summed E-state index contributed by atoms with van der Waals surface area (Å²) in [5.41, 5.74) is 3.81. The number of benzene rings is 1. The molecule has 1 N–H and O–H groups in total. The van der Waals surface area contributed by atoms with Gasteiger partial charge in [-0.05, 0) is 42.0 Å². The zero-order valence-electron chi connectivity index (χ0n) is 12.7. The molecule has 3 nitrogen and oxygen atoms in total. The zero-order chi connectivity index (χ0) is 15.7. The fraction of sp³-hybridized carbons (Fsp3) is 0.421. The van der Waals surface area contributed by atoms with E-state index < -0.39 is 12.0 Å². The molecular formula is C19H18BrNO2. The van der Waals surface area contributed by atoms with Crippen molar-refractivity contribution in [3.05, 3.63) is 52.0 Å². The molecule has 0 radical (unpaired) electrons. The molecule has 0 unspecified atom stereocenters. The molecule has 2 aliphatic carbocycles. The smallest absolute Gasteiger partial charge is 0.326 e. The van der Waals surface area contributed by atoms with Crippen LogP contribution in [0.4, 0.5) is 5.69 Å². The topological polar surface area (TPSA) is 40.5 Å². The van der Waals surface area contributed by atoms with Gasteiger partial charge in [0.1, 0.15) is 6.04 Å². The molecule has 0 aromatic heterocycles. The number of hydrogen-bond donors (Lipinski definition) is 1. The average Bonchev–Trinajstić information content (AvgIpc) is 3.15. The van der Waals surface area contributed by atoms with Gasteiger partial charge in [0.05, 0.1) is 0 Å². The Kier molecular flexibility index (Phi) is 2.85. The van der Waals surface area contributed by atoms with E-state index >= 15 is 0 Å². The van der Waals surface area contributed by atoms with E-state index in [0.717, 1.165) is 23.9 Å². The third-order valence-corrected chi connectivity index (χ3v) is 6.53. The van der Waals surface area contributed by atoms with Crippen molar-refractivity contribution in [3.8, 4) is 0 Å². The first kappa shape index (κ1) is 13.8.